The van der Waals surface area contributed by atoms with Gasteiger partial charge in [0.1, 0.15) is 0 Å². The predicted octanol–water partition coefficient (Wildman–Crippen LogP) is 2.61. The minimum absolute atomic E-state index is 1.19. The van der Waals surface area contributed by atoms with E-state index in [1.165, 1.54) is 18.8 Å². The molecular weight excluding hydrogens is 84.1 g/mol. The summed E-state index contributed by atoms with van der Waals surface area (Å²) in [5.41, 5.74) is 0. The number of rotatable bonds is 3. The minimum Gasteiger partial charge on any atom is -0.0651 e. The molecule has 0 saturated heterocycles. The molecule has 0 nitrogen and oxygen atoms in total. The second-order valence-corrected chi connectivity index (χ2v) is 2.11. The molecule has 0 saturated carbocycles. The zero-order valence-electron chi connectivity index (χ0n) is 5.49. The van der Waals surface area contributed by atoms with Gasteiger partial charge in [0.25, 0.3) is 0 Å². The Kier molecular flexibility index (Phi) is 4.17. The molecule has 0 aliphatic heterocycles. The van der Waals surface area contributed by atoms with Crippen LogP contribution >= 0.6 is 0 Å². The second kappa shape index (κ2) is 4.17. The van der Waals surface area contributed by atoms with Crippen molar-refractivity contribution in [1.29, 1.82) is 0 Å². The van der Waals surface area contributed by atoms with Crippen LogP contribution in [-0.4, -0.2) is 0 Å². The van der Waals surface area contributed by atoms with Gasteiger partial charge in [-0.25, -0.2) is 0 Å². The maximum absolute atomic E-state index is 2.29. The average molecular weight is 98.2 g/mol. The van der Waals surface area contributed by atoms with Gasteiger partial charge in [-0.2, -0.15) is 0 Å². The molecule has 0 aromatic heterocycles. The van der Waals surface area contributed by atoms with Crippen LogP contribution in [0.4, 0.5) is 0 Å². The van der Waals surface area contributed by atoms with Gasteiger partial charge in [0, 0.05) is 0 Å². The van der Waals surface area contributed by atoms with Crippen LogP contribution in [0, 0.1) is 12.3 Å². The van der Waals surface area contributed by atoms with E-state index in [-0.39, 0.29) is 0 Å². The summed E-state index contributed by atoms with van der Waals surface area (Å²) in [6.07, 6.45) is 4.68. The smallest absolute Gasteiger partial charge is 0.0300 e. The number of hydrogen-bond acceptors (Lipinski definition) is 0. The molecule has 0 rings (SSSR count). The Morgan fingerprint density at radius 1 is 1.43 bits per heavy atom. The molecule has 42 valence electrons. The number of unbranched alkanes of at least 4 members (excludes halogenated alkanes) is 1. The highest BCUT2D eigenvalue weighted by Crippen LogP contribution is 2.05. The van der Waals surface area contributed by atoms with E-state index in [0.29, 0.717) is 0 Å². The van der Waals surface area contributed by atoms with Crippen molar-refractivity contribution in [2.24, 2.45) is 0 Å². The summed E-state index contributed by atoms with van der Waals surface area (Å²) >= 11 is 0. The van der Waals surface area contributed by atoms with E-state index < -0.39 is 0 Å². The average Bonchev–Trinajstić information content (AvgIpc) is 1.61. The lowest BCUT2D eigenvalue weighted by Gasteiger charge is -1.97. The van der Waals surface area contributed by atoms with E-state index >= 15 is 0 Å². The first-order chi connectivity index (χ1) is 3.27. The van der Waals surface area contributed by atoms with E-state index in [2.05, 4.69) is 27.2 Å². The third kappa shape index (κ3) is 6.00. The molecular formula is C7H14. The lowest BCUT2D eigenvalue weighted by atomic mass is 10.1. The molecule has 0 atom stereocenters. The topological polar surface area (TPSA) is 0 Å². The van der Waals surface area contributed by atoms with E-state index in [9.17, 15) is 0 Å². The fourth-order valence-electron chi connectivity index (χ4n) is 0.433. The van der Waals surface area contributed by atoms with E-state index in [1.54, 1.807) is 0 Å². The minimum atomic E-state index is 1.19. The first kappa shape index (κ1) is 7.00. The zero-order valence-corrected chi connectivity index (χ0v) is 5.49. The van der Waals surface area contributed by atoms with Crippen molar-refractivity contribution in [3.05, 3.63) is 12.3 Å². The number of hydrogen-bond donors (Lipinski definition) is 0. The molecule has 0 aromatic rings. The molecule has 0 fully saturated rings. The van der Waals surface area contributed by atoms with Gasteiger partial charge in [0.2, 0.25) is 0 Å². The lowest BCUT2D eigenvalue weighted by molar-refractivity contribution is 0.883. The largest absolute Gasteiger partial charge is 0.0651 e. The maximum atomic E-state index is 2.29. The van der Waals surface area contributed by atoms with Crippen molar-refractivity contribution in [2.75, 3.05) is 0 Å². The van der Waals surface area contributed by atoms with Crippen molar-refractivity contribution < 1.29 is 0 Å². The van der Waals surface area contributed by atoms with Crippen molar-refractivity contribution >= 4 is 0 Å². The van der Waals surface area contributed by atoms with E-state index in [1.807, 2.05) is 0 Å². The summed E-state index contributed by atoms with van der Waals surface area (Å²) in [6, 6.07) is 0. The van der Waals surface area contributed by atoms with E-state index in [4.69, 9.17) is 0 Å². The third-order valence-corrected chi connectivity index (χ3v) is 0.841. The maximum Gasteiger partial charge on any atom is -0.0300 e. The first-order valence-electron chi connectivity index (χ1n) is 2.88. The molecule has 0 aromatic carbocycles. The van der Waals surface area contributed by atoms with Gasteiger partial charge in [-0.1, -0.05) is 27.2 Å². The highest BCUT2D eigenvalue weighted by atomic mass is 13.9. The van der Waals surface area contributed by atoms with Crippen LogP contribution in [0.25, 0.3) is 0 Å². The Morgan fingerprint density at radius 2 is 2.00 bits per heavy atom. The monoisotopic (exact) mass is 98.1 g/mol. The Morgan fingerprint density at radius 3 is 2.14 bits per heavy atom. The molecule has 0 heteroatoms. The van der Waals surface area contributed by atoms with Gasteiger partial charge >= 0.3 is 0 Å². The highest BCUT2D eigenvalue weighted by Gasteiger charge is 1.89. The highest BCUT2D eigenvalue weighted by molar-refractivity contribution is 4.83. The quantitative estimate of drug-likeness (QED) is 0.509. The standard InChI is InChI=1S/C7H14/c1-4-5-6-7(2)3/h5H,4,6H2,1-3H3. The van der Waals surface area contributed by atoms with Gasteiger partial charge in [0.15, 0.2) is 0 Å². The van der Waals surface area contributed by atoms with Gasteiger partial charge in [-0.3, -0.25) is 0 Å². The van der Waals surface area contributed by atoms with Gasteiger partial charge in [0.05, 0.1) is 0 Å². The molecule has 2 radical (unpaired) electrons. The van der Waals surface area contributed by atoms with E-state index in [0.717, 1.165) is 0 Å². The van der Waals surface area contributed by atoms with Crippen molar-refractivity contribution in [3.8, 4) is 0 Å². The summed E-state index contributed by atoms with van der Waals surface area (Å²) in [7, 11) is 0. The summed E-state index contributed by atoms with van der Waals surface area (Å²) in [4.78, 5) is 0. The molecule has 0 aliphatic rings. The molecule has 0 bridgehead atoms. The SMILES string of the molecule is CC[CH]C[C](C)C. The van der Waals surface area contributed by atoms with Crippen LogP contribution in [0.15, 0.2) is 0 Å². The van der Waals surface area contributed by atoms with Crippen LogP contribution < -0.4 is 0 Å². The molecule has 0 amide bonds. The molecule has 0 heterocycles. The van der Waals surface area contributed by atoms with Crippen LogP contribution in [0.2, 0.25) is 0 Å². The molecule has 0 aliphatic carbocycles. The van der Waals surface area contributed by atoms with Crippen molar-refractivity contribution in [1.82, 2.24) is 0 Å². The Hall–Kier alpha value is 0. The zero-order chi connectivity index (χ0) is 5.70. The predicted molar refractivity (Wildman–Crippen MR) is 33.8 cm³/mol. The van der Waals surface area contributed by atoms with Gasteiger partial charge in [-0.05, 0) is 18.8 Å². The van der Waals surface area contributed by atoms with Crippen molar-refractivity contribution in [2.45, 2.75) is 33.6 Å². The molecule has 0 spiro atoms. The molecule has 7 heavy (non-hydrogen) atoms. The van der Waals surface area contributed by atoms with Crippen LogP contribution in [-0.2, 0) is 0 Å². The Bertz CT molecular complexity index is 29.0. The van der Waals surface area contributed by atoms with Crippen LogP contribution in [0.5, 0.6) is 0 Å². The Balaban J connectivity index is 2.68. The van der Waals surface area contributed by atoms with Crippen LogP contribution in [0.1, 0.15) is 33.6 Å². The van der Waals surface area contributed by atoms with Gasteiger partial charge < -0.3 is 0 Å². The van der Waals surface area contributed by atoms with Gasteiger partial charge in [-0.15, -0.1) is 0 Å². The Labute approximate surface area is 46.9 Å². The van der Waals surface area contributed by atoms with Crippen LogP contribution in [0.3, 0.4) is 0 Å². The lowest BCUT2D eigenvalue weighted by Crippen LogP contribution is -1.82. The molecule has 0 unspecified atom stereocenters. The summed E-state index contributed by atoms with van der Waals surface area (Å²) in [5.74, 6) is 1.50. The first-order valence-corrected chi connectivity index (χ1v) is 2.88. The normalized spacial score (nSPS) is 10.3. The third-order valence-electron chi connectivity index (χ3n) is 0.841. The molecule has 0 N–H and O–H groups in total. The second-order valence-electron chi connectivity index (χ2n) is 2.11. The summed E-state index contributed by atoms with van der Waals surface area (Å²) < 4.78 is 0. The summed E-state index contributed by atoms with van der Waals surface area (Å²) in [5, 5.41) is 0. The fraction of sp³-hybridized carbons (Fsp3) is 0.714. The summed E-state index contributed by atoms with van der Waals surface area (Å²) in [6.45, 7) is 6.49. The fourth-order valence-corrected chi connectivity index (χ4v) is 0.433. The van der Waals surface area contributed by atoms with Crippen molar-refractivity contribution in [3.63, 3.8) is 0 Å².